The smallest absolute Gasteiger partial charge is 0.181 e. The number of aromatic nitrogens is 1. The Kier molecular flexibility index (Phi) is 3.68. The lowest BCUT2D eigenvalue weighted by atomic mass is 10.3. The number of nitrogens with zero attached hydrogens (tertiary/aromatic N) is 1. The molecule has 2 nitrogen and oxygen atoms in total. The van der Waals surface area contributed by atoms with Gasteiger partial charge in [-0.3, -0.25) is 0 Å². The van der Waals surface area contributed by atoms with E-state index in [4.69, 9.17) is 0 Å². The number of nitrogens with one attached hydrogen (secondary N) is 1. The summed E-state index contributed by atoms with van der Waals surface area (Å²) in [5.74, 6) is -1.74. The molecule has 1 aromatic heterocycles. The molecule has 1 N–H and O–H groups in total. The maximum absolute atomic E-state index is 13.3. The molecule has 0 aliphatic carbocycles. The van der Waals surface area contributed by atoms with E-state index >= 15 is 0 Å². The van der Waals surface area contributed by atoms with Gasteiger partial charge in [-0.2, -0.15) is 0 Å². The summed E-state index contributed by atoms with van der Waals surface area (Å²) in [6.45, 7) is 0.333. The van der Waals surface area contributed by atoms with E-state index in [1.807, 2.05) is 6.07 Å². The van der Waals surface area contributed by atoms with Crippen molar-refractivity contribution in [2.45, 2.75) is 6.54 Å². The van der Waals surface area contributed by atoms with Crippen molar-refractivity contribution < 1.29 is 8.78 Å². The lowest BCUT2D eigenvalue weighted by Gasteiger charge is -2.07. The van der Waals surface area contributed by atoms with Gasteiger partial charge in [-0.25, -0.2) is 13.8 Å². The summed E-state index contributed by atoms with van der Waals surface area (Å²) in [6, 6.07) is 9.45. The molecule has 2 rings (SSSR count). The first kappa shape index (κ1) is 12.0. The van der Waals surface area contributed by atoms with E-state index < -0.39 is 11.6 Å². The topological polar surface area (TPSA) is 24.9 Å². The van der Waals surface area contributed by atoms with Gasteiger partial charge in [0.25, 0.3) is 0 Å². The normalized spacial score (nSPS) is 10.3. The predicted molar refractivity (Wildman–Crippen MR) is 65.6 cm³/mol. The molecular weight excluding hydrogens is 290 g/mol. The Bertz CT molecular complexity index is 532. The Morgan fingerprint density at radius 3 is 2.65 bits per heavy atom. The lowest BCUT2D eigenvalue weighted by Crippen LogP contribution is -2.04. The van der Waals surface area contributed by atoms with Gasteiger partial charge in [0.05, 0.1) is 17.9 Å². The minimum atomic E-state index is -0.873. The van der Waals surface area contributed by atoms with Crippen LogP contribution in [0.3, 0.4) is 0 Å². The zero-order chi connectivity index (χ0) is 12.3. The third-order valence-corrected chi connectivity index (χ3v) is 2.63. The van der Waals surface area contributed by atoms with Crippen molar-refractivity contribution >= 4 is 21.6 Å². The fourth-order valence-electron chi connectivity index (χ4n) is 1.37. The second-order valence-electron chi connectivity index (χ2n) is 3.41. The largest absolute Gasteiger partial charge is 0.377 e. The molecule has 5 heteroatoms. The Hall–Kier alpha value is -1.49. The average Bonchev–Trinajstić information content (AvgIpc) is 2.31. The van der Waals surface area contributed by atoms with Crippen LogP contribution >= 0.6 is 15.9 Å². The van der Waals surface area contributed by atoms with E-state index in [1.165, 1.54) is 12.1 Å². The summed E-state index contributed by atoms with van der Waals surface area (Å²) >= 11 is 3.24. The van der Waals surface area contributed by atoms with Crippen LogP contribution in [0.15, 0.2) is 41.0 Å². The number of hydrogen-bond donors (Lipinski definition) is 1. The average molecular weight is 299 g/mol. The van der Waals surface area contributed by atoms with Crippen molar-refractivity contribution in [2.24, 2.45) is 0 Å². The first-order chi connectivity index (χ1) is 8.16. The van der Waals surface area contributed by atoms with Crippen molar-refractivity contribution in [1.82, 2.24) is 4.98 Å². The third kappa shape index (κ3) is 3.00. The van der Waals surface area contributed by atoms with E-state index in [2.05, 4.69) is 26.2 Å². The van der Waals surface area contributed by atoms with E-state index in [1.54, 1.807) is 12.1 Å². The maximum atomic E-state index is 13.3. The highest BCUT2D eigenvalue weighted by Crippen LogP contribution is 2.17. The molecule has 88 valence electrons. The van der Waals surface area contributed by atoms with Crippen LogP contribution in [-0.2, 0) is 6.54 Å². The first-order valence-electron chi connectivity index (χ1n) is 4.96. The summed E-state index contributed by atoms with van der Waals surface area (Å²) in [6.07, 6.45) is 0. The Labute approximate surface area is 106 Å². The maximum Gasteiger partial charge on any atom is 0.181 e. The Balaban J connectivity index is 2.10. The number of halogens is 3. The lowest BCUT2D eigenvalue weighted by molar-refractivity contribution is 0.511. The van der Waals surface area contributed by atoms with Gasteiger partial charge < -0.3 is 5.32 Å². The second-order valence-corrected chi connectivity index (χ2v) is 4.22. The summed E-state index contributed by atoms with van der Waals surface area (Å²) in [5.41, 5.74) is 0.870. The van der Waals surface area contributed by atoms with Crippen LogP contribution < -0.4 is 5.32 Å². The van der Waals surface area contributed by atoms with Crippen molar-refractivity contribution in [3.05, 3.63) is 58.3 Å². The van der Waals surface area contributed by atoms with E-state index in [0.29, 0.717) is 11.1 Å². The van der Waals surface area contributed by atoms with Crippen molar-refractivity contribution in [1.29, 1.82) is 0 Å². The molecule has 0 aliphatic heterocycles. The van der Waals surface area contributed by atoms with Crippen LogP contribution in [0, 0.1) is 11.6 Å². The van der Waals surface area contributed by atoms with Crippen LogP contribution in [0.25, 0.3) is 0 Å². The zero-order valence-corrected chi connectivity index (χ0v) is 10.3. The SMILES string of the molecule is Fc1cccc(NCc2cccc(Br)n2)c1F. The van der Waals surface area contributed by atoms with Gasteiger partial charge in [-0.05, 0) is 40.2 Å². The van der Waals surface area contributed by atoms with Gasteiger partial charge in [-0.15, -0.1) is 0 Å². The van der Waals surface area contributed by atoms with Crippen LogP contribution in [-0.4, -0.2) is 4.98 Å². The molecule has 0 aliphatic rings. The molecule has 2 aromatic rings. The Morgan fingerprint density at radius 1 is 1.12 bits per heavy atom. The molecule has 1 heterocycles. The van der Waals surface area contributed by atoms with Gasteiger partial charge in [0.2, 0.25) is 0 Å². The highest BCUT2D eigenvalue weighted by molar-refractivity contribution is 9.10. The Morgan fingerprint density at radius 2 is 1.88 bits per heavy atom. The quantitative estimate of drug-likeness (QED) is 0.873. The van der Waals surface area contributed by atoms with Gasteiger partial charge in [-0.1, -0.05) is 12.1 Å². The van der Waals surface area contributed by atoms with Crippen LogP contribution in [0.5, 0.6) is 0 Å². The van der Waals surface area contributed by atoms with E-state index in [0.717, 1.165) is 11.8 Å². The number of benzene rings is 1. The zero-order valence-electron chi connectivity index (χ0n) is 8.75. The van der Waals surface area contributed by atoms with Gasteiger partial charge in [0.15, 0.2) is 11.6 Å². The van der Waals surface area contributed by atoms with Gasteiger partial charge in [0.1, 0.15) is 4.60 Å². The summed E-state index contributed by atoms with van der Waals surface area (Å²) in [5, 5.41) is 2.80. The number of hydrogen-bond acceptors (Lipinski definition) is 2. The monoisotopic (exact) mass is 298 g/mol. The molecule has 17 heavy (non-hydrogen) atoms. The molecule has 1 aromatic carbocycles. The minimum absolute atomic E-state index is 0.131. The molecule has 0 radical (unpaired) electrons. The molecule has 0 bridgehead atoms. The third-order valence-electron chi connectivity index (χ3n) is 2.18. The first-order valence-corrected chi connectivity index (χ1v) is 5.75. The standard InChI is InChI=1S/C12H9BrF2N2/c13-11-6-1-3-8(17-11)7-16-10-5-2-4-9(14)12(10)15/h1-6,16H,7H2. The van der Waals surface area contributed by atoms with E-state index in [9.17, 15) is 8.78 Å². The van der Waals surface area contributed by atoms with Crippen LogP contribution in [0.2, 0.25) is 0 Å². The summed E-state index contributed by atoms with van der Waals surface area (Å²) in [7, 11) is 0. The fourth-order valence-corrected chi connectivity index (χ4v) is 1.76. The minimum Gasteiger partial charge on any atom is -0.377 e. The molecular formula is C12H9BrF2N2. The summed E-state index contributed by atoms with van der Waals surface area (Å²) in [4.78, 5) is 4.18. The van der Waals surface area contributed by atoms with E-state index in [-0.39, 0.29) is 5.69 Å². The summed E-state index contributed by atoms with van der Waals surface area (Å²) < 4.78 is 27.0. The molecule has 0 saturated carbocycles. The van der Waals surface area contributed by atoms with Crippen LogP contribution in [0.1, 0.15) is 5.69 Å². The molecule has 0 spiro atoms. The van der Waals surface area contributed by atoms with Crippen molar-refractivity contribution in [2.75, 3.05) is 5.32 Å². The molecule has 0 atom stereocenters. The highest BCUT2D eigenvalue weighted by atomic mass is 79.9. The predicted octanol–water partition coefficient (Wildman–Crippen LogP) is 3.73. The number of pyridine rings is 1. The second kappa shape index (κ2) is 5.23. The van der Waals surface area contributed by atoms with Crippen LogP contribution in [0.4, 0.5) is 14.5 Å². The van der Waals surface area contributed by atoms with Gasteiger partial charge in [0, 0.05) is 0 Å². The molecule has 0 amide bonds. The molecule has 0 saturated heterocycles. The number of anilines is 1. The van der Waals surface area contributed by atoms with Gasteiger partial charge >= 0.3 is 0 Å². The highest BCUT2D eigenvalue weighted by Gasteiger charge is 2.06. The van der Waals surface area contributed by atoms with Crippen molar-refractivity contribution in [3.8, 4) is 0 Å². The van der Waals surface area contributed by atoms with Crippen molar-refractivity contribution in [3.63, 3.8) is 0 Å². The molecule has 0 unspecified atom stereocenters. The number of rotatable bonds is 3. The molecule has 0 fully saturated rings. The fraction of sp³-hybridized carbons (Fsp3) is 0.0833.